The largest absolute Gasteiger partial charge is 0.497 e. The summed E-state index contributed by atoms with van der Waals surface area (Å²) in [5, 5.41) is 5.24. The highest BCUT2D eigenvalue weighted by atomic mass is 16.5. The average Bonchev–Trinajstić information content (AvgIpc) is 2.61. The van der Waals surface area contributed by atoms with E-state index in [-0.39, 0.29) is 18.9 Å². The number of hydrogen-bond acceptors (Lipinski definition) is 5. The Bertz CT molecular complexity index is 787. The summed E-state index contributed by atoms with van der Waals surface area (Å²) in [6.45, 7) is 1.03. The number of benzene rings is 2. The molecule has 0 spiro atoms. The van der Waals surface area contributed by atoms with E-state index in [9.17, 15) is 14.4 Å². The molecule has 0 saturated carbocycles. The predicted molar refractivity (Wildman–Crippen MR) is 97.0 cm³/mol. The number of ether oxygens (including phenoxy) is 2. The summed E-state index contributed by atoms with van der Waals surface area (Å²) >= 11 is 0. The number of amides is 2. The van der Waals surface area contributed by atoms with Crippen LogP contribution >= 0.6 is 0 Å². The van der Waals surface area contributed by atoms with Crippen LogP contribution in [0.25, 0.3) is 0 Å². The molecule has 0 aliphatic heterocycles. The molecule has 7 heteroatoms. The molecule has 2 amide bonds. The van der Waals surface area contributed by atoms with Gasteiger partial charge in [-0.25, -0.2) is 0 Å². The Morgan fingerprint density at radius 1 is 0.962 bits per heavy atom. The maximum absolute atomic E-state index is 11.9. The van der Waals surface area contributed by atoms with Gasteiger partial charge in [0, 0.05) is 18.3 Å². The molecular formula is C19H20N2O5. The molecule has 0 bridgehead atoms. The molecule has 0 aliphatic rings. The van der Waals surface area contributed by atoms with E-state index in [2.05, 4.69) is 10.6 Å². The summed E-state index contributed by atoms with van der Waals surface area (Å²) in [6, 6.07) is 13.7. The molecule has 0 radical (unpaired) electrons. The van der Waals surface area contributed by atoms with Crippen LogP contribution in [0.15, 0.2) is 48.5 Å². The van der Waals surface area contributed by atoms with Crippen molar-refractivity contribution < 1.29 is 23.9 Å². The molecule has 0 heterocycles. The van der Waals surface area contributed by atoms with E-state index in [0.29, 0.717) is 17.1 Å². The molecule has 0 atom stereocenters. The van der Waals surface area contributed by atoms with Gasteiger partial charge >= 0.3 is 5.97 Å². The Labute approximate surface area is 151 Å². The number of esters is 1. The minimum atomic E-state index is -0.505. The van der Waals surface area contributed by atoms with Crippen molar-refractivity contribution in [3.63, 3.8) is 0 Å². The second-order valence-electron chi connectivity index (χ2n) is 5.50. The molecule has 2 N–H and O–H groups in total. The number of nitrogens with one attached hydrogen (secondary N) is 2. The molecule has 0 aromatic heterocycles. The van der Waals surface area contributed by atoms with Gasteiger partial charge in [-0.15, -0.1) is 0 Å². The highest BCUT2D eigenvalue weighted by Gasteiger charge is 2.09. The zero-order valence-corrected chi connectivity index (χ0v) is 14.6. The number of hydrogen-bond donors (Lipinski definition) is 2. The van der Waals surface area contributed by atoms with Crippen LogP contribution in [-0.4, -0.2) is 31.5 Å². The van der Waals surface area contributed by atoms with Gasteiger partial charge in [0.2, 0.25) is 5.91 Å². The summed E-state index contributed by atoms with van der Waals surface area (Å²) in [4.78, 5) is 34.6. The van der Waals surface area contributed by atoms with Gasteiger partial charge < -0.3 is 20.1 Å². The fraction of sp³-hybridized carbons (Fsp3) is 0.211. The van der Waals surface area contributed by atoms with Gasteiger partial charge in [0.1, 0.15) is 5.75 Å². The van der Waals surface area contributed by atoms with E-state index in [0.717, 1.165) is 5.56 Å². The standard InChI is InChI=1S/C19H20N2O5/c1-13(22)20-15-6-8-16(9-7-15)21-18(23)12-26-19(24)11-14-4-3-5-17(10-14)25-2/h3-10H,11-12H2,1-2H3,(H,20,22)(H,21,23). The quantitative estimate of drug-likeness (QED) is 0.743. The van der Waals surface area contributed by atoms with E-state index in [1.54, 1.807) is 55.6 Å². The molecule has 0 aliphatic carbocycles. The van der Waals surface area contributed by atoms with Gasteiger partial charge in [-0.05, 0) is 42.0 Å². The van der Waals surface area contributed by atoms with Crippen molar-refractivity contribution in [3.05, 3.63) is 54.1 Å². The molecule has 0 saturated heterocycles. The Morgan fingerprint density at radius 3 is 2.23 bits per heavy atom. The van der Waals surface area contributed by atoms with E-state index >= 15 is 0 Å². The maximum atomic E-state index is 11.9. The molecule has 0 fully saturated rings. The highest BCUT2D eigenvalue weighted by molar-refractivity contribution is 5.93. The molecule has 0 unspecified atom stereocenters. The molecule has 26 heavy (non-hydrogen) atoms. The van der Waals surface area contributed by atoms with Gasteiger partial charge in [-0.1, -0.05) is 12.1 Å². The summed E-state index contributed by atoms with van der Waals surface area (Å²) in [5.74, 6) is -0.480. The van der Waals surface area contributed by atoms with Crippen molar-refractivity contribution in [1.29, 1.82) is 0 Å². The second kappa shape index (κ2) is 9.22. The lowest BCUT2D eigenvalue weighted by atomic mass is 10.1. The first-order valence-corrected chi connectivity index (χ1v) is 7.92. The first-order valence-electron chi connectivity index (χ1n) is 7.92. The maximum Gasteiger partial charge on any atom is 0.310 e. The van der Waals surface area contributed by atoms with Crippen molar-refractivity contribution in [2.45, 2.75) is 13.3 Å². The third-order valence-corrected chi connectivity index (χ3v) is 3.34. The third kappa shape index (κ3) is 6.27. The minimum Gasteiger partial charge on any atom is -0.497 e. The lowest BCUT2D eigenvalue weighted by Gasteiger charge is -2.08. The molecule has 2 aromatic rings. The fourth-order valence-corrected chi connectivity index (χ4v) is 2.18. The van der Waals surface area contributed by atoms with Crippen LogP contribution < -0.4 is 15.4 Å². The molecule has 7 nitrogen and oxygen atoms in total. The van der Waals surface area contributed by atoms with Crippen LogP contribution in [0.2, 0.25) is 0 Å². The predicted octanol–water partition coefficient (Wildman–Crippen LogP) is 2.38. The molecule has 136 valence electrons. The Hall–Kier alpha value is -3.35. The topological polar surface area (TPSA) is 93.7 Å². The van der Waals surface area contributed by atoms with Gasteiger partial charge in [0.05, 0.1) is 13.5 Å². The average molecular weight is 356 g/mol. The number of carbonyl (C=O) groups excluding carboxylic acids is 3. The molecular weight excluding hydrogens is 336 g/mol. The SMILES string of the molecule is COc1cccc(CC(=O)OCC(=O)Nc2ccc(NC(C)=O)cc2)c1. The van der Waals surface area contributed by atoms with E-state index in [4.69, 9.17) is 9.47 Å². The van der Waals surface area contributed by atoms with Gasteiger partial charge in [0.15, 0.2) is 6.61 Å². The summed E-state index contributed by atoms with van der Waals surface area (Å²) in [5.41, 5.74) is 1.90. The lowest BCUT2D eigenvalue weighted by Crippen LogP contribution is -2.21. The van der Waals surface area contributed by atoms with Gasteiger partial charge in [-0.3, -0.25) is 14.4 Å². The van der Waals surface area contributed by atoms with Crippen LogP contribution in [-0.2, 0) is 25.5 Å². The van der Waals surface area contributed by atoms with E-state index in [1.807, 2.05) is 0 Å². The molecule has 2 rings (SSSR count). The monoisotopic (exact) mass is 356 g/mol. The summed E-state index contributed by atoms with van der Waals surface area (Å²) < 4.78 is 10.1. The van der Waals surface area contributed by atoms with E-state index in [1.165, 1.54) is 6.92 Å². The third-order valence-electron chi connectivity index (χ3n) is 3.34. The van der Waals surface area contributed by atoms with Crippen molar-refractivity contribution in [1.82, 2.24) is 0 Å². The Kier molecular flexibility index (Phi) is 6.73. The summed E-state index contributed by atoms with van der Waals surface area (Å²) in [7, 11) is 1.55. The zero-order valence-electron chi connectivity index (χ0n) is 14.6. The number of anilines is 2. The molecule has 2 aromatic carbocycles. The number of carbonyl (C=O) groups is 3. The van der Waals surface area contributed by atoms with Crippen molar-refractivity contribution >= 4 is 29.2 Å². The number of methoxy groups -OCH3 is 1. The first kappa shape index (κ1) is 19.0. The van der Waals surface area contributed by atoms with Crippen LogP contribution in [0.4, 0.5) is 11.4 Å². The lowest BCUT2D eigenvalue weighted by molar-refractivity contribution is -0.146. The highest BCUT2D eigenvalue weighted by Crippen LogP contribution is 2.14. The van der Waals surface area contributed by atoms with Crippen molar-refractivity contribution in [3.8, 4) is 5.75 Å². The normalized spacial score (nSPS) is 9.92. The first-order chi connectivity index (χ1) is 12.5. The Balaban J connectivity index is 1.78. The van der Waals surface area contributed by atoms with Gasteiger partial charge in [-0.2, -0.15) is 0 Å². The van der Waals surface area contributed by atoms with Crippen LogP contribution in [0, 0.1) is 0 Å². The smallest absolute Gasteiger partial charge is 0.310 e. The minimum absolute atomic E-state index is 0.0515. The van der Waals surface area contributed by atoms with Crippen LogP contribution in [0.5, 0.6) is 5.75 Å². The van der Waals surface area contributed by atoms with Gasteiger partial charge in [0.25, 0.3) is 5.91 Å². The summed E-state index contributed by atoms with van der Waals surface area (Å²) in [6.07, 6.45) is 0.0515. The van der Waals surface area contributed by atoms with Crippen LogP contribution in [0.1, 0.15) is 12.5 Å². The van der Waals surface area contributed by atoms with Crippen molar-refractivity contribution in [2.24, 2.45) is 0 Å². The second-order valence-corrected chi connectivity index (χ2v) is 5.50. The van der Waals surface area contributed by atoms with E-state index < -0.39 is 11.9 Å². The fourth-order valence-electron chi connectivity index (χ4n) is 2.18. The Morgan fingerprint density at radius 2 is 1.62 bits per heavy atom. The number of rotatable bonds is 7. The van der Waals surface area contributed by atoms with Crippen LogP contribution in [0.3, 0.4) is 0 Å². The zero-order chi connectivity index (χ0) is 18.9. The van der Waals surface area contributed by atoms with Crippen molar-refractivity contribution in [2.75, 3.05) is 24.4 Å².